The van der Waals surface area contributed by atoms with Crippen LogP contribution in [-0.4, -0.2) is 26.2 Å². The Morgan fingerprint density at radius 3 is 1.57 bits per heavy atom. The highest BCUT2D eigenvalue weighted by Gasteiger charge is 2.54. The minimum absolute atomic E-state index is 0.210. The highest BCUT2D eigenvalue weighted by molar-refractivity contribution is 5.93. The third kappa shape index (κ3) is 5.69. The van der Waals surface area contributed by atoms with Gasteiger partial charge in [-0.25, -0.2) is 9.59 Å². The van der Waals surface area contributed by atoms with Gasteiger partial charge in [0.25, 0.3) is 0 Å². The van der Waals surface area contributed by atoms with Gasteiger partial charge in [0.1, 0.15) is 23.0 Å². The minimum atomic E-state index is -4.50. The average Bonchev–Trinajstić information content (AvgIpc) is 3.18. The van der Waals surface area contributed by atoms with Crippen LogP contribution in [0, 0.1) is 0 Å². The molecule has 0 spiro atoms. The van der Waals surface area contributed by atoms with Crippen LogP contribution in [0.3, 0.4) is 0 Å². The van der Waals surface area contributed by atoms with Crippen LogP contribution in [-0.2, 0) is 18.0 Å². The number of hydrogen-bond acceptors (Lipinski definition) is 6. The van der Waals surface area contributed by atoms with Gasteiger partial charge in [-0.1, -0.05) is 60.7 Å². The van der Waals surface area contributed by atoms with Crippen LogP contribution in [0.2, 0.25) is 0 Å². The lowest BCUT2D eigenvalue weighted by Gasteiger charge is -2.51. The van der Waals surface area contributed by atoms with Gasteiger partial charge in [-0.15, -0.1) is 0 Å². The van der Waals surface area contributed by atoms with Crippen molar-refractivity contribution in [2.45, 2.75) is 23.9 Å². The van der Waals surface area contributed by atoms with Crippen LogP contribution >= 0.6 is 0 Å². The molecule has 53 heavy (non-hydrogen) atoms. The second-order valence-corrected chi connectivity index (χ2v) is 13.0. The van der Waals surface area contributed by atoms with Crippen molar-refractivity contribution >= 4 is 11.9 Å². The summed E-state index contributed by atoms with van der Waals surface area (Å²) < 4.78 is 64.0. The molecule has 0 N–H and O–H groups in total. The Morgan fingerprint density at radius 1 is 0.604 bits per heavy atom. The molecule has 0 aromatic heterocycles. The molecule has 0 saturated carbocycles. The van der Waals surface area contributed by atoms with E-state index in [0.29, 0.717) is 33.8 Å². The number of benzene rings is 6. The van der Waals surface area contributed by atoms with Crippen molar-refractivity contribution in [2.75, 3.05) is 14.2 Å². The molecule has 3 aliphatic rings. The fourth-order valence-corrected chi connectivity index (χ4v) is 7.82. The quantitative estimate of drug-likeness (QED) is 0.116. The van der Waals surface area contributed by atoms with Gasteiger partial charge in [-0.2, -0.15) is 13.2 Å². The first-order chi connectivity index (χ1) is 25.6. The Morgan fingerprint density at radius 2 is 1.08 bits per heavy atom. The molecule has 3 aliphatic carbocycles. The van der Waals surface area contributed by atoms with Crippen molar-refractivity contribution in [2.24, 2.45) is 0 Å². The lowest BCUT2D eigenvalue weighted by molar-refractivity contribution is -0.137. The van der Waals surface area contributed by atoms with Crippen molar-refractivity contribution in [3.8, 4) is 23.0 Å². The van der Waals surface area contributed by atoms with Crippen LogP contribution in [0.25, 0.3) is 0 Å². The zero-order valence-electron chi connectivity index (χ0n) is 28.6. The van der Waals surface area contributed by atoms with Gasteiger partial charge in [0.15, 0.2) is 0 Å². The molecule has 0 aliphatic heterocycles. The van der Waals surface area contributed by atoms with Gasteiger partial charge in [0, 0.05) is 17.0 Å². The molecule has 2 bridgehead atoms. The Kier molecular flexibility index (Phi) is 8.29. The van der Waals surface area contributed by atoms with Gasteiger partial charge in [0.2, 0.25) is 0 Å². The molecule has 0 unspecified atom stereocenters. The Bertz CT molecular complexity index is 2320. The molecule has 9 heteroatoms. The number of ether oxygens (including phenoxy) is 4. The number of esters is 2. The molecule has 0 fully saturated rings. The molecule has 6 aromatic rings. The summed E-state index contributed by atoms with van der Waals surface area (Å²) in [6.45, 7) is 0. The number of hydrogen-bond donors (Lipinski definition) is 0. The summed E-state index contributed by atoms with van der Waals surface area (Å²) in [5.41, 5.74) is 4.34. The number of carbonyl (C=O) groups is 2. The van der Waals surface area contributed by atoms with E-state index >= 15 is 0 Å². The van der Waals surface area contributed by atoms with Crippen LogP contribution in [0.15, 0.2) is 133 Å². The average molecular weight is 713 g/mol. The molecule has 0 atom stereocenters. The summed E-state index contributed by atoms with van der Waals surface area (Å²) in [6, 6.07) is 37.3. The molecule has 0 amide bonds. The zero-order valence-corrected chi connectivity index (χ0v) is 28.6. The van der Waals surface area contributed by atoms with Crippen LogP contribution in [0.1, 0.15) is 71.1 Å². The summed E-state index contributed by atoms with van der Waals surface area (Å²) >= 11 is 0. The molecule has 6 nitrogen and oxygen atoms in total. The Hall–Kier alpha value is -6.35. The van der Waals surface area contributed by atoms with Crippen molar-refractivity contribution < 1.29 is 41.7 Å². The lowest BCUT2D eigenvalue weighted by Crippen LogP contribution is -2.44. The van der Waals surface area contributed by atoms with E-state index in [1.54, 1.807) is 60.7 Å². The van der Waals surface area contributed by atoms with E-state index in [2.05, 4.69) is 0 Å². The van der Waals surface area contributed by atoms with E-state index < -0.39 is 35.0 Å². The topological polar surface area (TPSA) is 71.1 Å². The highest BCUT2D eigenvalue weighted by Crippen LogP contribution is 2.64. The number of carbonyl (C=O) groups excluding carboxylic acids is 2. The molecule has 9 rings (SSSR count). The predicted molar refractivity (Wildman–Crippen MR) is 191 cm³/mol. The maximum atomic E-state index is 13.8. The van der Waals surface area contributed by atoms with E-state index in [1.165, 1.54) is 26.4 Å². The van der Waals surface area contributed by atoms with Gasteiger partial charge >= 0.3 is 18.1 Å². The molecule has 6 aromatic carbocycles. The van der Waals surface area contributed by atoms with E-state index in [0.717, 1.165) is 34.4 Å². The predicted octanol–water partition coefficient (Wildman–Crippen LogP) is 9.55. The molecular weight excluding hydrogens is 681 g/mol. The van der Waals surface area contributed by atoms with Gasteiger partial charge in [-0.3, -0.25) is 0 Å². The third-order valence-electron chi connectivity index (χ3n) is 10.2. The molecule has 0 radical (unpaired) electrons. The maximum Gasteiger partial charge on any atom is 0.416 e. The zero-order chi connectivity index (χ0) is 36.9. The normalized spacial score (nSPS) is 16.5. The maximum absolute atomic E-state index is 13.8. The van der Waals surface area contributed by atoms with Crippen molar-refractivity contribution in [3.63, 3.8) is 0 Å². The van der Waals surface area contributed by atoms with Crippen LogP contribution in [0.4, 0.5) is 13.2 Å². The summed E-state index contributed by atoms with van der Waals surface area (Å²) in [5.74, 6) is 0.0239. The third-order valence-corrected chi connectivity index (χ3v) is 10.2. The molecular formula is C44H31F3O6. The first-order valence-electron chi connectivity index (χ1n) is 16.9. The first-order valence-corrected chi connectivity index (χ1v) is 16.9. The largest absolute Gasteiger partial charge is 0.497 e. The summed E-state index contributed by atoms with van der Waals surface area (Å²) in [4.78, 5) is 27.6. The first kappa shape index (κ1) is 33.8. The molecule has 0 heterocycles. The highest BCUT2D eigenvalue weighted by atomic mass is 19.4. The number of halogens is 3. The summed E-state index contributed by atoms with van der Waals surface area (Å²) in [7, 11) is 3.07. The number of rotatable bonds is 8. The van der Waals surface area contributed by atoms with Gasteiger partial charge in [-0.05, 0) is 107 Å². The van der Waals surface area contributed by atoms with Crippen molar-refractivity contribution in [1.82, 2.24) is 0 Å². The lowest BCUT2D eigenvalue weighted by atomic mass is 9.51. The van der Waals surface area contributed by atoms with Crippen LogP contribution < -0.4 is 18.9 Å². The molecule has 264 valence electrons. The second-order valence-electron chi connectivity index (χ2n) is 13.0. The summed E-state index contributed by atoms with van der Waals surface area (Å²) in [5, 5.41) is 0. The minimum Gasteiger partial charge on any atom is -0.497 e. The second kappa shape index (κ2) is 13.0. The van der Waals surface area contributed by atoms with Crippen molar-refractivity contribution in [3.05, 3.63) is 189 Å². The smallest absolute Gasteiger partial charge is 0.416 e. The molecule has 0 saturated heterocycles. The van der Waals surface area contributed by atoms with Gasteiger partial charge < -0.3 is 18.9 Å². The number of methoxy groups -OCH3 is 2. The Labute approximate surface area is 303 Å². The standard InChI is InChI=1S/C44H31F3O6/c1-50-30-19-13-27(14-20-30)41(48)52-36-23-24-37(53-42(49)28-15-21-31(51-2)22-16-28)40-39(36)38-32-7-3-5-9-34(32)43(40,35-10-6-4-8-33(35)38)25-26-11-17-29(18-12-26)44(45,46)47/h3-24,38H,25H2,1-2H3. The fraction of sp³-hybridized carbons (Fsp3) is 0.136. The monoisotopic (exact) mass is 712 g/mol. The number of alkyl halides is 3. The van der Waals surface area contributed by atoms with E-state index in [-0.39, 0.29) is 23.5 Å². The fourth-order valence-electron chi connectivity index (χ4n) is 7.82. The van der Waals surface area contributed by atoms with E-state index in [4.69, 9.17) is 18.9 Å². The SMILES string of the molecule is COc1ccc(C(=O)Oc2ccc(OC(=O)c3ccc(OC)cc3)c3c2C2c4ccccc4C3(Cc3ccc(C(F)(F)F)cc3)c3ccccc32)cc1. The van der Waals surface area contributed by atoms with E-state index in [1.807, 2.05) is 48.5 Å². The summed E-state index contributed by atoms with van der Waals surface area (Å²) in [6.07, 6.45) is -4.29. The van der Waals surface area contributed by atoms with E-state index in [9.17, 15) is 22.8 Å². The van der Waals surface area contributed by atoms with Gasteiger partial charge in [0.05, 0.1) is 36.3 Å². The van der Waals surface area contributed by atoms with Crippen molar-refractivity contribution in [1.29, 1.82) is 0 Å². The Balaban J connectivity index is 1.35. The van der Waals surface area contributed by atoms with Crippen LogP contribution in [0.5, 0.6) is 23.0 Å².